The van der Waals surface area contributed by atoms with E-state index in [1.165, 1.54) is 36.3 Å². The predicted octanol–water partition coefficient (Wildman–Crippen LogP) is 0.638. The van der Waals surface area contributed by atoms with Crippen LogP contribution in [0.15, 0.2) is 12.4 Å². The minimum atomic E-state index is -0.539. The number of β-amino-alcohol motifs (C(OH)–C–C–N with tert-alkyl or cyclic N) is 1. The SMILES string of the molecule is O=[N+]([O-])c1cnn(C[C@@H](O)CN2CCCCC2)c1. The number of aliphatic hydroxyl groups excluding tert-OH is 1. The zero-order chi connectivity index (χ0) is 13.0. The van der Waals surface area contributed by atoms with Gasteiger partial charge in [-0.25, -0.2) is 0 Å². The van der Waals surface area contributed by atoms with E-state index in [0.29, 0.717) is 13.1 Å². The van der Waals surface area contributed by atoms with Gasteiger partial charge >= 0.3 is 5.69 Å². The largest absolute Gasteiger partial charge is 0.390 e. The number of hydrogen-bond acceptors (Lipinski definition) is 5. The van der Waals surface area contributed by atoms with Crippen LogP contribution in [-0.2, 0) is 6.54 Å². The molecule has 1 aliphatic rings. The first kappa shape index (κ1) is 13.0. The van der Waals surface area contributed by atoms with Gasteiger partial charge in [-0.05, 0) is 25.9 Å². The van der Waals surface area contributed by atoms with E-state index >= 15 is 0 Å². The fourth-order valence-corrected chi connectivity index (χ4v) is 2.26. The van der Waals surface area contributed by atoms with Crippen molar-refractivity contribution < 1.29 is 10.0 Å². The maximum Gasteiger partial charge on any atom is 0.306 e. The Morgan fingerprint density at radius 3 is 2.72 bits per heavy atom. The molecule has 2 heterocycles. The normalized spacial score (nSPS) is 18.7. The smallest absolute Gasteiger partial charge is 0.306 e. The Morgan fingerprint density at radius 2 is 2.11 bits per heavy atom. The summed E-state index contributed by atoms with van der Waals surface area (Å²) in [6, 6.07) is 0. The molecule has 7 heteroatoms. The van der Waals surface area contributed by atoms with Gasteiger partial charge < -0.3 is 10.0 Å². The lowest BCUT2D eigenvalue weighted by Crippen LogP contribution is -2.38. The third kappa shape index (κ3) is 3.51. The Kier molecular flexibility index (Phi) is 4.27. The van der Waals surface area contributed by atoms with E-state index in [1.807, 2.05) is 0 Å². The first-order valence-electron chi connectivity index (χ1n) is 6.22. The van der Waals surface area contributed by atoms with Crippen LogP contribution in [0.3, 0.4) is 0 Å². The minimum absolute atomic E-state index is 0.0415. The van der Waals surface area contributed by atoms with Crippen LogP contribution in [0, 0.1) is 10.1 Å². The second kappa shape index (κ2) is 5.92. The first-order chi connectivity index (χ1) is 8.65. The Morgan fingerprint density at radius 1 is 1.39 bits per heavy atom. The summed E-state index contributed by atoms with van der Waals surface area (Å²) in [6.07, 6.45) is 5.63. The van der Waals surface area contributed by atoms with Crippen molar-refractivity contribution in [3.05, 3.63) is 22.5 Å². The Balaban J connectivity index is 1.82. The Hall–Kier alpha value is -1.47. The van der Waals surface area contributed by atoms with Crippen LogP contribution >= 0.6 is 0 Å². The van der Waals surface area contributed by atoms with Crippen LogP contribution in [0.1, 0.15) is 19.3 Å². The van der Waals surface area contributed by atoms with Crippen molar-refractivity contribution in [1.29, 1.82) is 0 Å². The summed E-state index contributed by atoms with van der Waals surface area (Å²) in [4.78, 5) is 12.2. The van der Waals surface area contributed by atoms with Crippen molar-refractivity contribution in [3.63, 3.8) is 0 Å². The average Bonchev–Trinajstić information content (AvgIpc) is 2.78. The van der Waals surface area contributed by atoms with E-state index < -0.39 is 11.0 Å². The summed E-state index contributed by atoms with van der Waals surface area (Å²) in [5, 5.41) is 24.3. The number of nitrogens with zero attached hydrogens (tertiary/aromatic N) is 4. The number of piperidine rings is 1. The highest BCUT2D eigenvalue weighted by atomic mass is 16.6. The van der Waals surface area contributed by atoms with Gasteiger partial charge in [-0.15, -0.1) is 0 Å². The van der Waals surface area contributed by atoms with E-state index in [2.05, 4.69) is 10.00 Å². The van der Waals surface area contributed by atoms with Gasteiger partial charge in [0.15, 0.2) is 0 Å². The molecule has 0 spiro atoms. The lowest BCUT2D eigenvalue weighted by molar-refractivity contribution is -0.385. The summed E-state index contributed by atoms with van der Waals surface area (Å²) >= 11 is 0. The zero-order valence-corrected chi connectivity index (χ0v) is 10.2. The molecule has 0 saturated carbocycles. The quantitative estimate of drug-likeness (QED) is 0.615. The molecule has 0 unspecified atom stereocenters. The highest BCUT2D eigenvalue weighted by Crippen LogP contribution is 2.11. The van der Waals surface area contributed by atoms with Crippen LogP contribution in [0.4, 0.5) is 5.69 Å². The van der Waals surface area contributed by atoms with Gasteiger partial charge in [0.2, 0.25) is 0 Å². The van der Waals surface area contributed by atoms with Crippen LogP contribution in [0.2, 0.25) is 0 Å². The van der Waals surface area contributed by atoms with Crippen molar-refractivity contribution in [3.8, 4) is 0 Å². The molecule has 0 aromatic carbocycles. The predicted molar refractivity (Wildman–Crippen MR) is 65.2 cm³/mol. The molecule has 1 aromatic rings. The molecule has 1 saturated heterocycles. The topological polar surface area (TPSA) is 84.4 Å². The molecular weight excluding hydrogens is 236 g/mol. The summed E-state index contributed by atoms with van der Waals surface area (Å²) < 4.78 is 1.42. The molecule has 7 nitrogen and oxygen atoms in total. The fraction of sp³-hybridized carbons (Fsp3) is 0.727. The summed E-state index contributed by atoms with van der Waals surface area (Å²) in [5.74, 6) is 0. The van der Waals surface area contributed by atoms with Crippen molar-refractivity contribution in [1.82, 2.24) is 14.7 Å². The molecule has 0 radical (unpaired) electrons. The van der Waals surface area contributed by atoms with Crippen molar-refractivity contribution >= 4 is 5.69 Å². The maximum absolute atomic E-state index is 10.5. The zero-order valence-electron chi connectivity index (χ0n) is 10.2. The molecule has 0 aliphatic carbocycles. The number of likely N-dealkylation sites (tertiary alicyclic amines) is 1. The highest BCUT2D eigenvalue weighted by Gasteiger charge is 2.16. The third-order valence-corrected chi connectivity index (χ3v) is 3.15. The number of nitro groups is 1. The Labute approximate surface area is 105 Å². The van der Waals surface area contributed by atoms with Crippen LogP contribution < -0.4 is 0 Å². The van der Waals surface area contributed by atoms with Gasteiger partial charge in [0.1, 0.15) is 12.4 Å². The number of aliphatic hydroxyl groups is 1. The van der Waals surface area contributed by atoms with Crippen LogP contribution in [0.25, 0.3) is 0 Å². The van der Waals surface area contributed by atoms with E-state index in [4.69, 9.17) is 0 Å². The minimum Gasteiger partial charge on any atom is -0.390 e. The highest BCUT2D eigenvalue weighted by molar-refractivity contribution is 5.20. The average molecular weight is 254 g/mol. The van der Waals surface area contributed by atoms with Gasteiger partial charge in [-0.3, -0.25) is 14.8 Å². The molecule has 1 N–H and O–H groups in total. The summed E-state index contributed by atoms with van der Waals surface area (Å²) in [6.45, 7) is 2.95. The van der Waals surface area contributed by atoms with E-state index in [-0.39, 0.29) is 5.69 Å². The summed E-state index contributed by atoms with van der Waals surface area (Å²) in [7, 11) is 0. The molecule has 1 aromatic heterocycles. The Bertz CT molecular complexity index is 401. The van der Waals surface area contributed by atoms with E-state index in [1.54, 1.807) is 0 Å². The first-order valence-corrected chi connectivity index (χ1v) is 6.22. The monoisotopic (exact) mass is 254 g/mol. The van der Waals surface area contributed by atoms with Crippen molar-refractivity contribution in [2.24, 2.45) is 0 Å². The molecule has 1 fully saturated rings. The van der Waals surface area contributed by atoms with E-state index in [9.17, 15) is 15.2 Å². The number of hydrogen-bond donors (Lipinski definition) is 1. The fourth-order valence-electron chi connectivity index (χ4n) is 2.26. The molecule has 1 atom stereocenters. The molecule has 0 bridgehead atoms. The standard InChI is InChI=1S/C11H18N4O3/c16-11(8-13-4-2-1-3-5-13)9-14-7-10(6-12-14)15(17)18/h6-7,11,16H,1-5,8-9H2/t11-/m0/s1. The molecule has 1 aliphatic heterocycles. The lowest BCUT2D eigenvalue weighted by atomic mass is 10.1. The van der Waals surface area contributed by atoms with Gasteiger partial charge in [0.25, 0.3) is 0 Å². The van der Waals surface area contributed by atoms with Crippen molar-refractivity contribution in [2.75, 3.05) is 19.6 Å². The number of rotatable bonds is 5. The van der Waals surface area contributed by atoms with Gasteiger partial charge in [-0.1, -0.05) is 6.42 Å². The van der Waals surface area contributed by atoms with Crippen LogP contribution in [-0.4, -0.2) is 50.4 Å². The number of aromatic nitrogens is 2. The second-order valence-electron chi connectivity index (χ2n) is 4.69. The maximum atomic E-state index is 10.5. The molecule has 18 heavy (non-hydrogen) atoms. The molecular formula is C11H18N4O3. The lowest BCUT2D eigenvalue weighted by Gasteiger charge is -2.28. The van der Waals surface area contributed by atoms with Crippen LogP contribution in [0.5, 0.6) is 0 Å². The molecule has 100 valence electrons. The van der Waals surface area contributed by atoms with Gasteiger partial charge in [0.05, 0.1) is 17.6 Å². The van der Waals surface area contributed by atoms with Gasteiger partial charge in [0, 0.05) is 6.54 Å². The second-order valence-corrected chi connectivity index (χ2v) is 4.69. The third-order valence-electron chi connectivity index (χ3n) is 3.15. The van der Waals surface area contributed by atoms with Crippen molar-refractivity contribution in [2.45, 2.75) is 31.9 Å². The van der Waals surface area contributed by atoms with Gasteiger partial charge in [-0.2, -0.15) is 5.10 Å². The molecule has 2 rings (SSSR count). The van der Waals surface area contributed by atoms with E-state index in [0.717, 1.165) is 13.1 Å². The molecule has 0 amide bonds. The summed E-state index contributed by atoms with van der Waals surface area (Å²) in [5.41, 5.74) is -0.0415.